The second-order valence-electron chi connectivity index (χ2n) is 5.22. The molecule has 0 unspecified atom stereocenters. The number of nitrogens with zero attached hydrogens (tertiary/aromatic N) is 2. The van der Waals surface area contributed by atoms with Crippen molar-refractivity contribution in [1.82, 2.24) is 9.88 Å². The molecule has 21 heavy (non-hydrogen) atoms. The van der Waals surface area contributed by atoms with E-state index in [2.05, 4.69) is 20.9 Å². The van der Waals surface area contributed by atoms with Crippen LogP contribution < -0.4 is 0 Å². The van der Waals surface area contributed by atoms with Gasteiger partial charge in [0.2, 0.25) is 0 Å². The van der Waals surface area contributed by atoms with E-state index in [1.165, 1.54) is 0 Å². The standard InChI is InChI=1S/C17H19BrN2O/c1-13(2)20(12-15-4-3-9-19-11-15)17(21)16-7-5-14(10-18)6-8-16/h3-9,11,13H,10,12H2,1-2H3. The van der Waals surface area contributed by atoms with Gasteiger partial charge in [-0.2, -0.15) is 0 Å². The fraction of sp³-hybridized carbons (Fsp3) is 0.294. The maximum atomic E-state index is 12.7. The lowest BCUT2D eigenvalue weighted by atomic mass is 10.1. The van der Waals surface area contributed by atoms with Gasteiger partial charge in [-0.3, -0.25) is 9.78 Å². The molecule has 0 radical (unpaired) electrons. The second kappa shape index (κ2) is 7.36. The number of amides is 1. The lowest BCUT2D eigenvalue weighted by Gasteiger charge is -2.27. The molecule has 110 valence electrons. The molecule has 0 saturated carbocycles. The van der Waals surface area contributed by atoms with Crippen molar-refractivity contribution in [2.45, 2.75) is 31.8 Å². The third-order valence-electron chi connectivity index (χ3n) is 3.32. The first-order valence-electron chi connectivity index (χ1n) is 6.96. The molecule has 0 aliphatic rings. The van der Waals surface area contributed by atoms with Crippen LogP contribution in [0, 0.1) is 0 Å². The Morgan fingerprint density at radius 3 is 2.43 bits per heavy atom. The van der Waals surface area contributed by atoms with Crippen LogP contribution in [0.1, 0.15) is 35.3 Å². The van der Waals surface area contributed by atoms with Gasteiger partial charge < -0.3 is 4.90 Å². The normalized spacial score (nSPS) is 10.7. The Balaban J connectivity index is 2.18. The summed E-state index contributed by atoms with van der Waals surface area (Å²) in [4.78, 5) is 18.7. The molecule has 2 rings (SSSR count). The topological polar surface area (TPSA) is 33.2 Å². The second-order valence-corrected chi connectivity index (χ2v) is 5.78. The molecule has 1 aromatic heterocycles. The molecule has 0 fully saturated rings. The molecule has 1 heterocycles. The largest absolute Gasteiger partial charge is 0.332 e. The molecule has 0 N–H and O–H groups in total. The lowest BCUT2D eigenvalue weighted by Crippen LogP contribution is -2.36. The van der Waals surface area contributed by atoms with Crippen LogP contribution in [0.4, 0.5) is 0 Å². The molecule has 0 bridgehead atoms. The minimum absolute atomic E-state index is 0.0509. The average Bonchev–Trinajstić information content (AvgIpc) is 2.53. The van der Waals surface area contributed by atoms with Gasteiger partial charge >= 0.3 is 0 Å². The van der Waals surface area contributed by atoms with Crippen molar-refractivity contribution in [2.75, 3.05) is 0 Å². The summed E-state index contributed by atoms with van der Waals surface area (Å²) in [7, 11) is 0. The van der Waals surface area contributed by atoms with Crippen LogP contribution in [0.5, 0.6) is 0 Å². The number of benzene rings is 1. The number of alkyl halides is 1. The molecule has 0 saturated heterocycles. The Labute approximate surface area is 134 Å². The number of carbonyl (C=O) groups excluding carboxylic acids is 1. The van der Waals surface area contributed by atoms with E-state index in [1.807, 2.05) is 55.1 Å². The van der Waals surface area contributed by atoms with Crippen molar-refractivity contribution < 1.29 is 4.79 Å². The summed E-state index contributed by atoms with van der Waals surface area (Å²) >= 11 is 3.41. The number of rotatable bonds is 5. The Bertz CT molecular complexity index is 581. The smallest absolute Gasteiger partial charge is 0.254 e. The van der Waals surface area contributed by atoms with E-state index in [9.17, 15) is 4.79 Å². The number of carbonyl (C=O) groups is 1. The van der Waals surface area contributed by atoms with Crippen LogP contribution in [0.25, 0.3) is 0 Å². The predicted octanol–water partition coefficient (Wildman–Crippen LogP) is 4.03. The number of aromatic nitrogens is 1. The van der Waals surface area contributed by atoms with E-state index in [-0.39, 0.29) is 11.9 Å². The first kappa shape index (κ1) is 15.7. The van der Waals surface area contributed by atoms with Crippen molar-refractivity contribution >= 4 is 21.8 Å². The van der Waals surface area contributed by atoms with Gasteiger partial charge in [0.05, 0.1) is 0 Å². The molecular formula is C17H19BrN2O. The first-order valence-corrected chi connectivity index (χ1v) is 8.08. The average molecular weight is 347 g/mol. The Morgan fingerprint density at radius 2 is 1.90 bits per heavy atom. The van der Waals surface area contributed by atoms with Gasteiger partial charge in [0.25, 0.3) is 5.91 Å². The van der Waals surface area contributed by atoms with E-state index in [1.54, 1.807) is 12.4 Å². The monoisotopic (exact) mass is 346 g/mol. The zero-order valence-electron chi connectivity index (χ0n) is 12.3. The Kier molecular flexibility index (Phi) is 5.51. The van der Waals surface area contributed by atoms with Crippen LogP contribution in [0.3, 0.4) is 0 Å². The van der Waals surface area contributed by atoms with Crippen LogP contribution in [-0.2, 0) is 11.9 Å². The van der Waals surface area contributed by atoms with Crippen LogP contribution >= 0.6 is 15.9 Å². The highest BCUT2D eigenvalue weighted by Crippen LogP contribution is 2.14. The van der Waals surface area contributed by atoms with E-state index in [4.69, 9.17) is 0 Å². The summed E-state index contributed by atoms with van der Waals surface area (Å²) < 4.78 is 0. The van der Waals surface area contributed by atoms with Crippen molar-refractivity contribution in [3.8, 4) is 0 Å². The SMILES string of the molecule is CC(C)N(Cc1cccnc1)C(=O)c1ccc(CBr)cc1. The molecule has 0 spiro atoms. The summed E-state index contributed by atoms with van der Waals surface area (Å²) in [5.41, 5.74) is 2.92. The van der Waals surface area contributed by atoms with E-state index in [0.717, 1.165) is 22.0 Å². The van der Waals surface area contributed by atoms with Crippen LogP contribution in [0.2, 0.25) is 0 Å². The van der Waals surface area contributed by atoms with E-state index >= 15 is 0 Å². The molecule has 2 aromatic rings. The predicted molar refractivity (Wildman–Crippen MR) is 88.3 cm³/mol. The van der Waals surface area contributed by atoms with Gasteiger partial charge in [-0.15, -0.1) is 0 Å². The summed E-state index contributed by atoms with van der Waals surface area (Å²) in [6.45, 7) is 4.63. The van der Waals surface area contributed by atoms with E-state index in [0.29, 0.717) is 6.54 Å². The third-order valence-corrected chi connectivity index (χ3v) is 3.96. The quantitative estimate of drug-likeness (QED) is 0.765. The molecular weight excluding hydrogens is 328 g/mol. The van der Waals surface area contributed by atoms with E-state index < -0.39 is 0 Å². The molecule has 1 amide bonds. The van der Waals surface area contributed by atoms with Gasteiger partial charge in [0.1, 0.15) is 0 Å². The molecule has 0 atom stereocenters. The maximum Gasteiger partial charge on any atom is 0.254 e. The lowest BCUT2D eigenvalue weighted by molar-refractivity contribution is 0.0690. The highest BCUT2D eigenvalue weighted by atomic mass is 79.9. The minimum Gasteiger partial charge on any atom is -0.332 e. The van der Waals surface area contributed by atoms with Crippen LogP contribution in [-0.4, -0.2) is 21.8 Å². The number of halogens is 1. The number of hydrogen-bond acceptors (Lipinski definition) is 2. The molecule has 3 nitrogen and oxygen atoms in total. The Hall–Kier alpha value is -1.68. The van der Waals surface area contributed by atoms with Gasteiger partial charge in [-0.1, -0.05) is 34.1 Å². The zero-order valence-corrected chi connectivity index (χ0v) is 13.9. The summed E-state index contributed by atoms with van der Waals surface area (Å²) in [5, 5.41) is 0.797. The van der Waals surface area contributed by atoms with Gasteiger partial charge in [0.15, 0.2) is 0 Å². The van der Waals surface area contributed by atoms with Crippen molar-refractivity contribution in [3.63, 3.8) is 0 Å². The molecule has 0 aliphatic heterocycles. The highest BCUT2D eigenvalue weighted by molar-refractivity contribution is 9.08. The fourth-order valence-electron chi connectivity index (χ4n) is 2.08. The van der Waals surface area contributed by atoms with Crippen molar-refractivity contribution in [2.24, 2.45) is 0 Å². The fourth-order valence-corrected chi connectivity index (χ4v) is 2.45. The van der Waals surface area contributed by atoms with Crippen molar-refractivity contribution in [1.29, 1.82) is 0 Å². The van der Waals surface area contributed by atoms with Gasteiger partial charge in [-0.05, 0) is 43.2 Å². The van der Waals surface area contributed by atoms with Gasteiger partial charge in [-0.25, -0.2) is 0 Å². The highest BCUT2D eigenvalue weighted by Gasteiger charge is 2.19. The summed E-state index contributed by atoms with van der Waals surface area (Å²) in [6.07, 6.45) is 3.54. The summed E-state index contributed by atoms with van der Waals surface area (Å²) in [6, 6.07) is 11.7. The summed E-state index contributed by atoms with van der Waals surface area (Å²) in [5.74, 6) is 0.0509. The minimum atomic E-state index is 0.0509. The van der Waals surface area contributed by atoms with Crippen molar-refractivity contribution in [3.05, 3.63) is 65.5 Å². The third kappa shape index (κ3) is 4.14. The molecule has 1 aromatic carbocycles. The molecule has 0 aliphatic carbocycles. The number of pyridine rings is 1. The maximum absolute atomic E-state index is 12.7. The first-order chi connectivity index (χ1) is 10.1. The molecule has 4 heteroatoms. The van der Waals surface area contributed by atoms with Crippen LogP contribution in [0.15, 0.2) is 48.8 Å². The van der Waals surface area contributed by atoms with Gasteiger partial charge in [0, 0.05) is 35.9 Å². The number of hydrogen-bond donors (Lipinski definition) is 0. The zero-order chi connectivity index (χ0) is 15.2. The Morgan fingerprint density at radius 1 is 1.19 bits per heavy atom.